The fourth-order valence-electron chi connectivity index (χ4n) is 2.90. The molecule has 1 amide bonds. The molecule has 0 spiro atoms. The van der Waals surface area contributed by atoms with Crippen LogP contribution in [0.2, 0.25) is 0 Å². The molecule has 0 aliphatic carbocycles. The summed E-state index contributed by atoms with van der Waals surface area (Å²) >= 11 is 0. The van der Waals surface area contributed by atoms with E-state index in [9.17, 15) is 4.79 Å². The van der Waals surface area contributed by atoms with Gasteiger partial charge in [0.2, 0.25) is 0 Å². The summed E-state index contributed by atoms with van der Waals surface area (Å²) in [6, 6.07) is 15.5. The first-order valence-corrected chi connectivity index (χ1v) is 8.52. The molecule has 0 saturated carbocycles. The Kier molecular flexibility index (Phi) is 5.03. The van der Waals surface area contributed by atoms with E-state index in [2.05, 4.69) is 10.4 Å². The van der Waals surface area contributed by atoms with E-state index in [-0.39, 0.29) is 11.9 Å². The summed E-state index contributed by atoms with van der Waals surface area (Å²) in [4.78, 5) is 12.5. The maximum atomic E-state index is 12.5. The number of rotatable bonds is 6. The second-order valence-corrected chi connectivity index (χ2v) is 6.20. The summed E-state index contributed by atoms with van der Waals surface area (Å²) < 4.78 is 7.59. The van der Waals surface area contributed by atoms with E-state index in [0.717, 1.165) is 23.4 Å². The van der Waals surface area contributed by atoms with Crippen LogP contribution in [-0.2, 0) is 6.54 Å². The van der Waals surface area contributed by atoms with Crippen LogP contribution < -0.4 is 5.32 Å². The summed E-state index contributed by atoms with van der Waals surface area (Å²) in [7, 11) is 0. The first kappa shape index (κ1) is 17.0. The van der Waals surface area contributed by atoms with Gasteiger partial charge in [0.25, 0.3) is 5.91 Å². The van der Waals surface area contributed by atoms with Crippen molar-refractivity contribution in [3.05, 3.63) is 77.0 Å². The third-order valence-electron chi connectivity index (χ3n) is 4.21. The van der Waals surface area contributed by atoms with Crippen LogP contribution in [-0.4, -0.2) is 15.7 Å². The van der Waals surface area contributed by atoms with Crippen molar-refractivity contribution in [2.75, 3.05) is 0 Å². The number of aryl methyl sites for hydroxylation is 2. The molecule has 0 radical (unpaired) electrons. The number of nitrogens with zero attached hydrogens (tertiary/aromatic N) is 2. The zero-order chi connectivity index (χ0) is 17.8. The SMILES string of the molecule is CCC(NC(=O)c1ccc(Cn2nc(C)cc2C)o1)c1ccccc1. The maximum absolute atomic E-state index is 12.5. The Hall–Kier alpha value is -2.82. The molecule has 0 bridgehead atoms. The van der Waals surface area contributed by atoms with Crippen molar-refractivity contribution in [1.82, 2.24) is 15.1 Å². The molecule has 130 valence electrons. The van der Waals surface area contributed by atoms with Crippen LogP contribution in [0.1, 0.15) is 52.7 Å². The van der Waals surface area contributed by atoms with Crippen LogP contribution in [0.3, 0.4) is 0 Å². The first-order valence-electron chi connectivity index (χ1n) is 8.52. The molecule has 0 saturated heterocycles. The van der Waals surface area contributed by atoms with Crippen molar-refractivity contribution < 1.29 is 9.21 Å². The Morgan fingerprint density at radius 2 is 1.96 bits per heavy atom. The quantitative estimate of drug-likeness (QED) is 0.739. The van der Waals surface area contributed by atoms with E-state index >= 15 is 0 Å². The van der Waals surface area contributed by atoms with Gasteiger partial charge < -0.3 is 9.73 Å². The van der Waals surface area contributed by atoms with Gasteiger partial charge in [0.15, 0.2) is 5.76 Å². The Balaban J connectivity index is 1.69. The predicted molar refractivity (Wildman–Crippen MR) is 96.5 cm³/mol. The lowest BCUT2D eigenvalue weighted by atomic mass is 10.0. The van der Waals surface area contributed by atoms with E-state index in [4.69, 9.17) is 4.42 Å². The molecule has 0 fully saturated rings. The lowest BCUT2D eigenvalue weighted by molar-refractivity contribution is 0.0905. The average molecular weight is 337 g/mol. The number of hydrogen-bond acceptors (Lipinski definition) is 3. The van der Waals surface area contributed by atoms with Crippen molar-refractivity contribution in [3.63, 3.8) is 0 Å². The van der Waals surface area contributed by atoms with Crippen LogP contribution in [0.15, 0.2) is 52.9 Å². The van der Waals surface area contributed by atoms with E-state index in [1.54, 1.807) is 6.07 Å². The summed E-state index contributed by atoms with van der Waals surface area (Å²) in [5.41, 5.74) is 3.12. The minimum Gasteiger partial charge on any atom is -0.454 e. The van der Waals surface area contributed by atoms with Gasteiger partial charge in [0, 0.05) is 5.69 Å². The lowest BCUT2D eigenvalue weighted by Gasteiger charge is -2.16. The highest BCUT2D eigenvalue weighted by atomic mass is 16.4. The van der Waals surface area contributed by atoms with E-state index < -0.39 is 0 Å². The second-order valence-electron chi connectivity index (χ2n) is 6.20. The number of hydrogen-bond donors (Lipinski definition) is 1. The van der Waals surface area contributed by atoms with Gasteiger partial charge in [-0.05, 0) is 44.0 Å². The highest BCUT2D eigenvalue weighted by molar-refractivity contribution is 5.91. The summed E-state index contributed by atoms with van der Waals surface area (Å²) in [5.74, 6) is 0.838. The summed E-state index contributed by atoms with van der Waals surface area (Å²) in [6.07, 6.45) is 0.815. The van der Waals surface area contributed by atoms with Gasteiger partial charge in [0.1, 0.15) is 5.76 Å². The van der Waals surface area contributed by atoms with Gasteiger partial charge in [-0.2, -0.15) is 5.10 Å². The number of carbonyl (C=O) groups is 1. The number of carbonyl (C=O) groups excluding carboxylic acids is 1. The molecule has 1 N–H and O–H groups in total. The molecular weight excluding hydrogens is 314 g/mol. The third-order valence-corrected chi connectivity index (χ3v) is 4.21. The summed E-state index contributed by atoms with van der Waals surface area (Å²) in [5, 5.41) is 7.45. The highest BCUT2D eigenvalue weighted by Crippen LogP contribution is 2.18. The highest BCUT2D eigenvalue weighted by Gasteiger charge is 2.17. The van der Waals surface area contributed by atoms with Crippen LogP contribution in [0, 0.1) is 13.8 Å². The number of amides is 1. The molecule has 1 unspecified atom stereocenters. The van der Waals surface area contributed by atoms with Crippen molar-refractivity contribution >= 4 is 5.91 Å². The van der Waals surface area contributed by atoms with Crippen LogP contribution in [0.25, 0.3) is 0 Å². The molecule has 1 aromatic carbocycles. The van der Waals surface area contributed by atoms with Crippen molar-refractivity contribution in [2.24, 2.45) is 0 Å². The molecule has 3 aromatic rings. The minimum atomic E-state index is -0.199. The zero-order valence-corrected chi connectivity index (χ0v) is 14.8. The molecule has 2 heterocycles. The Labute approximate surface area is 147 Å². The fraction of sp³-hybridized carbons (Fsp3) is 0.300. The minimum absolute atomic E-state index is 0.0294. The molecule has 5 heteroatoms. The predicted octanol–water partition coefficient (Wildman–Crippen LogP) is 4.02. The molecule has 5 nitrogen and oxygen atoms in total. The molecule has 25 heavy (non-hydrogen) atoms. The average Bonchev–Trinajstić information content (AvgIpc) is 3.20. The van der Waals surface area contributed by atoms with Gasteiger partial charge in [0.05, 0.1) is 18.3 Å². The molecular formula is C20H23N3O2. The zero-order valence-electron chi connectivity index (χ0n) is 14.8. The van der Waals surface area contributed by atoms with Gasteiger partial charge in [-0.3, -0.25) is 9.48 Å². The van der Waals surface area contributed by atoms with Gasteiger partial charge in [-0.1, -0.05) is 37.3 Å². The van der Waals surface area contributed by atoms with E-state index in [1.807, 2.05) is 67.9 Å². The van der Waals surface area contributed by atoms with E-state index in [0.29, 0.717) is 18.1 Å². The molecule has 0 aliphatic heterocycles. The third kappa shape index (κ3) is 3.99. The summed E-state index contributed by atoms with van der Waals surface area (Å²) in [6.45, 7) is 6.53. The Morgan fingerprint density at radius 3 is 2.60 bits per heavy atom. The Bertz CT molecular complexity index is 849. The molecule has 2 aromatic heterocycles. The Morgan fingerprint density at radius 1 is 1.20 bits per heavy atom. The van der Waals surface area contributed by atoms with E-state index in [1.165, 1.54) is 0 Å². The lowest BCUT2D eigenvalue weighted by Crippen LogP contribution is -2.27. The number of furan rings is 1. The number of benzene rings is 1. The smallest absolute Gasteiger partial charge is 0.287 e. The topological polar surface area (TPSA) is 60.1 Å². The fourth-order valence-corrected chi connectivity index (χ4v) is 2.90. The normalized spacial score (nSPS) is 12.1. The molecule has 0 aliphatic rings. The molecule has 3 rings (SSSR count). The first-order chi connectivity index (χ1) is 12.1. The van der Waals surface area contributed by atoms with Gasteiger partial charge >= 0.3 is 0 Å². The van der Waals surface area contributed by atoms with Crippen molar-refractivity contribution in [2.45, 2.75) is 39.8 Å². The largest absolute Gasteiger partial charge is 0.454 e. The van der Waals surface area contributed by atoms with Crippen molar-refractivity contribution in [3.8, 4) is 0 Å². The molecule has 1 atom stereocenters. The standard InChI is InChI=1S/C20H23N3O2/c1-4-18(16-8-6-5-7-9-16)21-20(24)19-11-10-17(25-19)13-23-15(3)12-14(2)22-23/h5-12,18H,4,13H2,1-3H3,(H,21,24). The number of aromatic nitrogens is 2. The van der Waals surface area contributed by atoms with Crippen LogP contribution >= 0.6 is 0 Å². The second kappa shape index (κ2) is 7.38. The van der Waals surface area contributed by atoms with Gasteiger partial charge in [-0.15, -0.1) is 0 Å². The van der Waals surface area contributed by atoms with Gasteiger partial charge in [-0.25, -0.2) is 0 Å². The number of nitrogens with one attached hydrogen (secondary N) is 1. The van der Waals surface area contributed by atoms with Crippen LogP contribution in [0.4, 0.5) is 0 Å². The maximum Gasteiger partial charge on any atom is 0.287 e. The monoisotopic (exact) mass is 337 g/mol. The van der Waals surface area contributed by atoms with Crippen molar-refractivity contribution in [1.29, 1.82) is 0 Å². The van der Waals surface area contributed by atoms with Crippen LogP contribution in [0.5, 0.6) is 0 Å².